The zero-order chi connectivity index (χ0) is 15.2. The molecule has 0 bridgehead atoms. The third-order valence-corrected chi connectivity index (χ3v) is 3.40. The third-order valence-electron chi connectivity index (χ3n) is 3.40. The van der Waals surface area contributed by atoms with E-state index in [2.05, 4.69) is 6.92 Å². The van der Waals surface area contributed by atoms with Crippen LogP contribution in [0.2, 0.25) is 0 Å². The van der Waals surface area contributed by atoms with Crippen LogP contribution in [0.4, 0.5) is 5.69 Å². The average molecular weight is 286 g/mol. The molecule has 112 valence electrons. The number of anilines is 1. The molecule has 4 heteroatoms. The van der Waals surface area contributed by atoms with Gasteiger partial charge in [-0.2, -0.15) is 0 Å². The Balaban J connectivity index is 2.58. The van der Waals surface area contributed by atoms with Gasteiger partial charge in [0.1, 0.15) is 5.75 Å². The minimum atomic E-state index is -0.132. The van der Waals surface area contributed by atoms with Crippen molar-refractivity contribution in [1.82, 2.24) is 4.57 Å². The number of para-hydroxylation sites is 1. The van der Waals surface area contributed by atoms with Crippen LogP contribution in [0, 0.1) is 0 Å². The Morgan fingerprint density at radius 2 is 1.90 bits per heavy atom. The fraction of sp³-hybridized carbons (Fsp3) is 0.353. The number of ether oxygens (including phenoxy) is 1. The van der Waals surface area contributed by atoms with Crippen molar-refractivity contribution in [3.8, 4) is 17.0 Å². The van der Waals surface area contributed by atoms with Crippen LogP contribution < -0.4 is 16.0 Å². The van der Waals surface area contributed by atoms with Crippen LogP contribution >= 0.6 is 0 Å². The van der Waals surface area contributed by atoms with Crippen LogP contribution in [-0.2, 0) is 6.54 Å². The number of pyridine rings is 1. The Hall–Kier alpha value is -2.23. The first kappa shape index (κ1) is 15.2. The lowest BCUT2D eigenvalue weighted by atomic mass is 10.1. The van der Waals surface area contributed by atoms with Crippen LogP contribution in [0.3, 0.4) is 0 Å². The van der Waals surface area contributed by atoms with Gasteiger partial charge in [0.2, 0.25) is 0 Å². The molecule has 1 heterocycles. The Labute approximate surface area is 125 Å². The van der Waals surface area contributed by atoms with Crippen molar-refractivity contribution < 1.29 is 4.74 Å². The molecule has 1 aromatic heterocycles. The van der Waals surface area contributed by atoms with Crippen molar-refractivity contribution in [3.63, 3.8) is 0 Å². The summed E-state index contributed by atoms with van der Waals surface area (Å²) in [5.74, 6) is 0.786. The molecule has 0 aliphatic rings. The lowest BCUT2D eigenvalue weighted by Crippen LogP contribution is -2.24. The number of rotatable bonds is 6. The summed E-state index contributed by atoms with van der Waals surface area (Å²) in [7, 11) is 0. The summed E-state index contributed by atoms with van der Waals surface area (Å²) in [5, 5.41) is 0. The van der Waals surface area contributed by atoms with E-state index in [1.54, 1.807) is 10.6 Å². The van der Waals surface area contributed by atoms with Gasteiger partial charge >= 0.3 is 0 Å². The molecule has 0 saturated heterocycles. The molecule has 21 heavy (non-hydrogen) atoms. The number of hydrogen-bond acceptors (Lipinski definition) is 3. The van der Waals surface area contributed by atoms with Gasteiger partial charge in [-0.05, 0) is 37.6 Å². The molecule has 0 spiro atoms. The van der Waals surface area contributed by atoms with Gasteiger partial charge in [-0.25, -0.2) is 0 Å². The SMILES string of the molecule is CCCCn1c(-c2ccccc2OCC)ccc(N)c1=O. The molecule has 0 aliphatic carbocycles. The van der Waals surface area contributed by atoms with Crippen LogP contribution in [0.25, 0.3) is 11.3 Å². The summed E-state index contributed by atoms with van der Waals surface area (Å²) in [6.07, 6.45) is 1.96. The summed E-state index contributed by atoms with van der Waals surface area (Å²) in [4.78, 5) is 12.3. The molecule has 0 amide bonds. The lowest BCUT2D eigenvalue weighted by Gasteiger charge is -2.16. The molecular weight excluding hydrogens is 264 g/mol. The van der Waals surface area contributed by atoms with Crippen molar-refractivity contribution in [2.24, 2.45) is 0 Å². The largest absolute Gasteiger partial charge is 0.493 e. The van der Waals surface area contributed by atoms with E-state index < -0.39 is 0 Å². The number of nitrogens with zero attached hydrogens (tertiary/aromatic N) is 1. The zero-order valence-electron chi connectivity index (χ0n) is 12.6. The van der Waals surface area contributed by atoms with Crippen molar-refractivity contribution >= 4 is 5.69 Å². The molecule has 1 aromatic carbocycles. The summed E-state index contributed by atoms with van der Waals surface area (Å²) in [5.41, 5.74) is 7.70. The van der Waals surface area contributed by atoms with Gasteiger partial charge in [0.25, 0.3) is 5.56 Å². The first-order chi connectivity index (χ1) is 10.2. The van der Waals surface area contributed by atoms with Crippen molar-refractivity contribution in [2.45, 2.75) is 33.2 Å². The van der Waals surface area contributed by atoms with Crippen molar-refractivity contribution in [1.29, 1.82) is 0 Å². The number of aromatic nitrogens is 1. The van der Waals surface area contributed by atoms with E-state index in [1.165, 1.54) is 0 Å². The maximum atomic E-state index is 12.3. The summed E-state index contributed by atoms with van der Waals surface area (Å²) >= 11 is 0. The highest BCUT2D eigenvalue weighted by atomic mass is 16.5. The van der Waals surface area contributed by atoms with E-state index in [0.29, 0.717) is 13.2 Å². The van der Waals surface area contributed by atoms with E-state index in [1.807, 2.05) is 37.3 Å². The highest BCUT2D eigenvalue weighted by molar-refractivity contribution is 5.68. The highest BCUT2D eigenvalue weighted by Gasteiger charge is 2.12. The van der Waals surface area contributed by atoms with E-state index in [9.17, 15) is 4.79 Å². The fourth-order valence-electron chi connectivity index (χ4n) is 2.33. The van der Waals surface area contributed by atoms with Crippen LogP contribution in [0.1, 0.15) is 26.7 Å². The number of hydrogen-bond donors (Lipinski definition) is 1. The maximum absolute atomic E-state index is 12.3. The van der Waals surface area contributed by atoms with Crippen molar-refractivity contribution in [3.05, 3.63) is 46.8 Å². The van der Waals surface area contributed by atoms with E-state index >= 15 is 0 Å². The molecule has 2 rings (SSSR count). The van der Waals surface area contributed by atoms with Gasteiger partial charge in [0.05, 0.1) is 18.0 Å². The molecule has 0 unspecified atom stereocenters. The quantitative estimate of drug-likeness (QED) is 0.886. The second kappa shape index (κ2) is 6.97. The minimum absolute atomic E-state index is 0.132. The average Bonchev–Trinajstić information content (AvgIpc) is 2.50. The molecule has 0 atom stereocenters. The van der Waals surface area contributed by atoms with Gasteiger partial charge in [0, 0.05) is 12.1 Å². The number of benzene rings is 1. The van der Waals surface area contributed by atoms with E-state index in [4.69, 9.17) is 10.5 Å². The summed E-state index contributed by atoms with van der Waals surface area (Å²) < 4.78 is 7.42. The Morgan fingerprint density at radius 3 is 2.62 bits per heavy atom. The topological polar surface area (TPSA) is 57.2 Å². The predicted molar refractivity (Wildman–Crippen MR) is 86.6 cm³/mol. The number of nitrogen functional groups attached to an aromatic ring is 1. The normalized spacial score (nSPS) is 10.6. The monoisotopic (exact) mass is 286 g/mol. The highest BCUT2D eigenvalue weighted by Crippen LogP contribution is 2.29. The van der Waals surface area contributed by atoms with Gasteiger partial charge < -0.3 is 15.0 Å². The van der Waals surface area contributed by atoms with Crippen LogP contribution in [0.5, 0.6) is 5.75 Å². The fourth-order valence-corrected chi connectivity index (χ4v) is 2.33. The molecule has 0 saturated carbocycles. The third kappa shape index (κ3) is 3.27. The van der Waals surface area contributed by atoms with Gasteiger partial charge in [-0.3, -0.25) is 4.79 Å². The maximum Gasteiger partial charge on any atom is 0.274 e. The van der Waals surface area contributed by atoms with Gasteiger partial charge in [-0.1, -0.05) is 25.5 Å². The van der Waals surface area contributed by atoms with Crippen molar-refractivity contribution in [2.75, 3.05) is 12.3 Å². The lowest BCUT2D eigenvalue weighted by molar-refractivity contribution is 0.341. The van der Waals surface area contributed by atoms with Gasteiger partial charge in [0.15, 0.2) is 0 Å². The Bertz CT molecular complexity index is 662. The second-order valence-electron chi connectivity index (χ2n) is 4.91. The first-order valence-electron chi connectivity index (χ1n) is 7.40. The minimum Gasteiger partial charge on any atom is -0.493 e. The standard InChI is InChI=1S/C17H22N2O2/c1-3-5-12-19-15(11-10-14(18)17(19)20)13-8-6-7-9-16(13)21-4-2/h6-11H,3-5,12,18H2,1-2H3. The predicted octanol–water partition coefficient (Wildman–Crippen LogP) is 3.30. The molecule has 2 N–H and O–H groups in total. The molecular formula is C17H22N2O2. The van der Waals surface area contributed by atoms with E-state index in [-0.39, 0.29) is 11.2 Å². The first-order valence-corrected chi connectivity index (χ1v) is 7.40. The Morgan fingerprint density at radius 1 is 1.14 bits per heavy atom. The Kier molecular flexibility index (Phi) is 5.04. The molecule has 0 fully saturated rings. The van der Waals surface area contributed by atoms with E-state index in [0.717, 1.165) is 29.8 Å². The molecule has 4 nitrogen and oxygen atoms in total. The summed E-state index contributed by atoms with van der Waals surface area (Å²) in [6.45, 7) is 5.30. The molecule has 0 radical (unpaired) electrons. The van der Waals surface area contributed by atoms with Gasteiger partial charge in [-0.15, -0.1) is 0 Å². The molecule has 2 aromatic rings. The molecule has 0 aliphatic heterocycles. The zero-order valence-corrected chi connectivity index (χ0v) is 12.6. The number of unbranched alkanes of at least 4 members (excludes halogenated alkanes) is 1. The summed E-state index contributed by atoms with van der Waals surface area (Å²) in [6, 6.07) is 11.3. The second-order valence-corrected chi connectivity index (χ2v) is 4.91. The van der Waals surface area contributed by atoms with Crippen LogP contribution in [0.15, 0.2) is 41.2 Å². The number of nitrogens with two attached hydrogens (primary N) is 1. The van der Waals surface area contributed by atoms with Crippen LogP contribution in [-0.4, -0.2) is 11.2 Å². The smallest absolute Gasteiger partial charge is 0.274 e.